The van der Waals surface area contributed by atoms with Gasteiger partial charge in [-0.25, -0.2) is 4.79 Å². The lowest BCUT2D eigenvalue weighted by Crippen LogP contribution is -1.98. The van der Waals surface area contributed by atoms with Crippen molar-refractivity contribution in [3.8, 4) is 5.19 Å². The maximum Gasteiger partial charge on any atom is 0.351 e. The average Bonchev–Trinajstić information content (AvgIpc) is 2.59. The minimum Gasteiger partial charge on any atom is -0.470 e. The van der Waals surface area contributed by atoms with Crippen LogP contribution < -0.4 is 4.74 Å². The number of nitrogens with zero attached hydrogens (tertiary/aromatic N) is 1. The second-order valence-electron chi connectivity index (χ2n) is 2.52. The fraction of sp³-hybridized carbons (Fsp3) is 0.333. The lowest BCUT2D eigenvalue weighted by atomic mass is 10.5. The van der Waals surface area contributed by atoms with E-state index in [-0.39, 0.29) is 10.0 Å². The molecule has 0 amide bonds. The van der Waals surface area contributed by atoms with Gasteiger partial charge in [-0.15, -0.1) is 6.58 Å². The Hall–Kier alpha value is -1.07. The second kappa shape index (κ2) is 5.72. The number of aromatic nitrogens is 1. The van der Waals surface area contributed by atoms with E-state index in [4.69, 9.17) is 16.3 Å². The van der Waals surface area contributed by atoms with E-state index < -0.39 is 5.97 Å². The van der Waals surface area contributed by atoms with Gasteiger partial charge >= 0.3 is 5.97 Å². The highest BCUT2D eigenvalue weighted by atomic mass is 35.5. The van der Waals surface area contributed by atoms with Gasteiger partial charge in [-0.1, -0.05) is 29.0 Å². The van der Waals surface area contributed by atoms with Crippen molar-refractivity contribution >= 4 is 28.9 Å². The van der Waals surface area contributed by atoms with Gasteiger partial charge in [0, 0.05) is 0 Å². The fourth-order valence-corrected chi connectivity index (χ4v) is 1.86. The Kier molecular flexibility index (Phi) is 4.58. The first-order valence-electron chi connectivity index (χ1n) is 4.17. The molecule has 0 unspecified atom stereocenters. The van der Waals surface area contributed by atoms with Crippen molar-refractivity contribution in [2.75, 3.05) is 13.7 Å². The number of carbonyl (C=O) groups is 1. The van der Waals surface area contributed by atoms with E-state index in [1.165, 1.54) is 7.11 Å². The number of hydrogen-bond donors (Lipinski definition) is 0. The SMILES string of the molecule is C=CCCOc1nc(Cl)c(C(=O)OC)s1. The molecule has 0 aromatic carbocycles. The standard InChI is InChI=1S/C9H10ClNO3S/c1-3-4-5-14-9-11-7(10)6(15-9)8(12)13-2/h3H,1,4-5H2,2H3. The van der Waals surface area contributed by atoms with Gasteiger partial charge in [0.15, 0.2) is 10.0 Å². The summed E-state index contributed by atoms with van der Waals surface area (Å²) in [6, 6.07) is 0. The van der Waals surface area contributed by atoms with E-state index in [0.717, 1.165) is 11.3 Å². The van der Waals surface area contributed by atoms with Crippen LogP contribution in [-0.4, -0.2) is 24.7 Å². The molecule has 15 heavy (non-hydrogen) atoms. The van der Waals surface area contributed by atoms with Gasteiger partial charge in [-0.2, -0.15) is 4.98 Å². The van der Waals surface area contributed by atoms with E-state index >= 15 is 0 Å². The monoisotopic (exact) mass is 247 g/mol. The number of rotatable bonds is 5. The molecule has 1 rings (SSSR count). The highest BCUT2D eigenvalue weighted by Gasteiger charge is 2.17. The molecule has 0 spiro atoms. The van der Waals surface area contributed by atoms with Gasteiger partial charge in [0.2, 0.25) is 0 Å². The van der Waals surface area contributed by atoms with Gasteiger partial charge in [0.05, 0.1) is 13.7 Å². The summed E-state index contributed by atoms with van der Waals surface area (Å²) in [6.45, 7) is 4.03. The smallest absolute Gasteiger partial charge is 0.351 e. The third kappa shape index (κ3) is 3.21. The molecule has 1 aromatic rings. The van der Waals surface area contributed by atoms with Crippen LogP contribution in [0.1, 0.15) is 16.1 Å². The molecular formula is C9H10ClNO3S. The van der Waals surface area contributed by atoms with Crippen LogP contribution in [0.5, 0.6) is 5.19 Å². The minimum atomic E-state index is -0.504. The van der Waals surface area contributed by atoms with E-state index in [9.17, 15) is 4.79 Å². The average molecular weight is 248 g/mol. The second-order valence-corrected chi connectivity index (χ2v) is 3.84. The zero-order valence-electron chi connectivity index (χ0n) is 8.16. The Morgan fingerprint density at radius 2 is 2.47 bits per heavy atom. The molecule has 0 saturated heterocycles. The Labute approximate surface area is 96.5 Å². The molecule has 0 fully saturated rings. The van der Waals surface area contributed by atoms with Gasteiger partial charge in [-0.05, 0) is 6.42 Å². The Balaban J connectivity index is 2.68. The number of hydrogen-bond acceptors (Lipinski definition) is 5. The highest BCUT2D eigenvalue weighted by Crippen LogP contribution is 2.29. The molecule has 0 bridgehead atoms. The lowest BCUT2D eigenvalue weighted by Gasteiger charge is -1.96. The molecule has 0 saturated carbocycles. The van der Waals surface area contributed by atoms with Crippen molar-refractivity contribution in [1.82, 2.24) is 4.98 Å². The summed E-state index contributed by atoms with van der Waals surface area (Å²) in [5.41, 5.74) is 0. The zero-order valence-corrected chi connectivity index (χ0v) is 9.73. The third-order valence-electron chi connectivity index (χ3n) is 1.48. The van der Waals surface area contributed by atoms with Crippen LogP contribution in [-0.2, 0) is 4.74 Å². The van der Waals surface area contributed by atoms with Crippen LogP contribution in [0.2, 0.25) is 5.15 Å². The van der Waals surface area contributed by atoms with Crippen LogP contribution in [0.4, 0.5) is 0 Å². The summed E-state index contributed by atoms with van der Waals surface area (Å²) < 4.78 is 9.78. The van der Waals surface area contributed by atoms with E-state index in [1.807, 2.05) is 0 Å². The number of thiazole rings is 1. The highest BCUT2D eigenvalue weighted by molar-refractivity contribution is 7.15. The maximum absolute atomic E-state index is 11.2. The lowest BCUT2D eigenvalue weighted by molar-refractivity contribution is 0.0606. The number of esters is 1. The normalized spacial score (nSPS) is 9.73. The first-order valence-corrected chi connectivity index (χ1v) is 5.36. The molecule has 0 N–H and O–H groups in total. The molecule has 0 radical (unpaired) electrons. The molecule has 0 aliphatic rings. The quantitative estimate of drug-likeness (QED) is 0.456. The molecule has 0 aliphatic carbocycles. The fourth-order valence-electron chi connectivity index (χ4n) is 0.793. The summed E-state index contributed by atoms with van der Waals surface area (Å²) >= 11 is 6.80. The number of methoxy groups -OCH3 is 1. The number of carbonyl (C=O) groups excluding carboxylic acids is 1. The van der Waals surface area contributed by atoms with Crippen molar-refractivity contribution in [1.29, 1.82) is 0 Å². The van der Waals surface area contributed by atoms with Crippen molar-refractivity contribution in [3.63, 3.8) is 0 Å². The Morgan fingerprint density at radius 3 is 3.07 bits per heavy atom. The maximum atomic E-state index is 11.2. The van der Waals surface area contributed by atoms with Gasteiger partial charge in [0.25, 0.3) is 5.19 Å². The Bertz CT molecular complexity index is 364. The minimum absolute atomic E-state index is 0.112. The molecule has 6 heteroatoms. The van der Waals surface area contributed by atoms with Gasteiger partial charge < -0.3 is 9.47 Å². The molecule has 4 nitrogen and oxygen atoms in total. The van der Waals surface area contributed by atoms with Crippen LogP contribution >= 0.6 is 22.9 Å². The summed E-state index contributed by atoms with van der Waals surface area (Å²) in [5.74, 6) is -0.504. The molecule has 1 aromatic heterocycles. The van der Waals surface area contributed by atoms with Crippen molar-refractivity contribution < 1.29 is 14.3 Å². The largest absolute Gasteiger partial charge is 0.470 e. The molecular weight excluding hydrogens is 238 g/mol. The van der Waals surface area contributed by atoms with E-state index in [2.05, 4.69) is 16.3 Å². The summed E-state index contributed by atoms with van der Waals surface area (Å²) in [5, 5.41) is 0.475. The third-order valence-corrected chi connectivity index (χ3v) is 2.82. The van der Waals surface area contributed by atoms with Crippen LogP contribution in [0.3, 0.4) is 0 Å². The zero-order chi connectivity index (χ0) is 11.3. The topological polar surface area (TPSA) is 48.4 Å². The predicted molar refractivity (Wildman–Crippen MR) is 58.8 cm³/mol. The summed E-state index contributed by atoms with van der Waals surface area (Å²) in [4.78, 5) is 15.3. The molecule has 0 atom stereocenters. The molecule has 0 aliphatic heterocycles. The van der Waals surface area contributed by atoms with Crippen molar-refractivity contribution in [2.45, 2.75) is 6.42 Å². The molecule has 1 heterocycles. The summed E-state index contributed by atoms with van der Waals surface area (Å²) in [6.07, 6.45) is 2.45. The van der Waals surface area contributed by atoms with E-state index in [1.54, 1.807) is 6.08 Å². The number of ether oxygens (including phenoxy) is 2. The van der Waals surface area contributed by atoms with Crippen molar-refractivity contribution in [2.24, 2.45) is 0 Å². The first-order chi connectivity index (χ1) is 7.19. The van der Waals surface area contributed by atoms with Crippen molar-refractivity contribution in [3.05, 3.63) is 22.7 Å². The van der Waals surface area contributed by atoms with Gasteiger partial charge in [-0.3, -0.25) is 0 Å². The van der Waals surface area contributed by atoms with Crippen LogP contribution in [0, 0.1) is 0 Å². The van der Waals surface area contributed by atoms with Crippen LogP contribution in [0.15, 0.2) is 12.7 Å². The Morgan fingerprint density at radius 1 is 1.73 bits per heavy atom. The van der Waals surface area contributed by atoms with E-state index in [0.29, 0.717) is 18.2 Å². The first kappa shape index (κ1) is 12.0. The predicted octanol–water partition coefficient (Wildman–Crippen LogP) is 2.54. The van der Waals surface area contributed by atoms with Crippen LogP contribution in [0.25, 0.3) is 0 Å². The summed E-state index contributed by atoms with van der Waals surface area (Å²) in [7, 11) is 1.29. The molecule has 82 valence electrons. The van der Waals surface area contributed by atoms with Gasteiger partial charge in [0.1, 0.15) is 0 Å². The number of halogens is 1.